The van der Waals surface area contributed by atoms with Gasteiger partial charge in [0, 0.05) is 0 Å². The molecule has 0 aromatic carbocycles. The van der Waals surface area contributed by atoms with Gasteiger partial charge >= 0.3 is 0 Å². The van der Waals surface area contributed by atoms with Gasteiger partial charge < -0.3 is 5.11 Å². The lowest BCUT2D eigenvalue weighted by Crippen LogP contribution is -1.76. The summed E-state index contributed by atoms with van der Waals surface area (Å²) >= 11 is 0. The first-order valence-corrected chi connectivity index (χ1v) is 3.71. The molecule has 10 heavy (non-hydrogen) atoms. The molecule has 0 aliphatic carbocycles. The van der Waals surface area contributed by atoms with Crippen molar-refractivity contribution in [1.29, 1.82) is 0 Å². The molecule has 0 unspecified atom stereocenters. The molecule has 0 saturated heterocycles. The van der Waals surface area contributed by atoms with Gasteiger partial charge in [-0.15, -0.1) is 0 Å². The first-order chi connectivity index (χ1) is 4.68. The van der Waals surface area contributed by atoms with Gasteiger partial charge in [0.15, 0.2) is 0 Å². The monoisotopic (exact) mass is 140 g/mol. The van der Waals surface area contributed by atoms with E-state index in [0.29, 0.717) is 5.76 Å². The maximum Gasteiger partial charge on any atom is 0.0920 e. The predicted octanol–water partition coefficient (Wildman–Crippen LogP) is 3.19. The normalized spacial score (nSPS) is 13.9. The second kappa shape index (κ2) is 5.10. The zero-order chi connectivity index (χ0) is 7.98. The summed E-state index contributed by atoms with van der Waals surface area (Å²) in [5.74, 6) is 0.410. The first kappa shape index (κ1) is 9.28. The highest BCUT2D eigenvalue weighted by Crippen LogP contribution is 2.01. The summed E-state index contributed by atoms with van der Waals surface area (Å²) in [6.07, 6.45) is 6.28. The smallest absolute Gasteiger partial charge is 0.0920 e. The van der Waals surface area contributed by atoms with Crippen molar-refractivity contribution in [2.75, 3.05) is 0 Å². The Bertz CT molecular complexity index is 139. The molecule has 0 aromatic rings. The van der Waals surface area contributed by atoms with E-state index in [1.165, 1.54) is 0 Å². The third-order valence-corrected chi connectivity index (χ3v) is 1.39. The van der Waals surface area contributed by atoms with E-state index < -0.39 is 0 Å². The Balaban J connectivity index is 3.78. The lowest BCUT2D eigenvalue weighted by Gasteiger charge is -1.92. The van der Waals surface area contributed by atoms with E-state index in [9.17, 15) is 0 Å². The molecule has 1 N–H and O–H groups in total. The molecule has 0 aromatic heterocycles. The van der Waals surface area contributed by atoms with Gasteiger partial charge in [-0.3, -0.25) is 0 Å². The molecule has 1 heteroatoms. The number of hydrogen-bond acceptors (Lipinski definition) is 1. The quantitative estimate of drug-likeness (QED) is 0.471. The Labute approximate surface area is 63.1 Å². The number of rotatable bonds is 3. The van der Waals surface area contributed by atoms with Gasteiger partial charge in [-0.05, 0) is 25.8 Å². The van der Waals surface area contributed by atoms with Gasteiger partial charge in [0.05, 0.1) is 5.76 Å². The molecule has 0 saturated carbocycles. The fourth-order valence-electron chi connectivity index (χ4n) is 0.547. The first-order valence-electron chi connectivity index (χ1n) is 3.71. The fourth-order valence-corrected chi connectivity index (χ4v) is 0.547. The van der Waals surface area contributed by atoms with Gasteiger partial charge in [0.2, 0.25) is 0 Å². The van der Waals surface area contributed by atoms with Crippen LogP contribution in [0.2, 0.25) is 0 Å². The van der Waals surface area contributed by atoms with Gasteiger partial charge in [-0.25, -0.2) is 0 Å². The van der Waals surface area contributed by atoms with Gasteiger partial charge in [-0.2, -0.15) is 0 Å². The minimum absolute atomic E-state index is 0.410. The van der Waals surface area contributed by atoms with Crippen molar-refractivity contribution in [3.63, 3.8) is 0 Å². The zero-order valence-electron chi connectivity index (χ0n) is 7.02. The van der Waals surface area contributed by atoms with Crippen LogP contribution in [0.5, 0.6) is 0 Å². The number of allylic oxidation sites excluding steroid dienone is 4. The lowest BCUT2D eigenvalue weighted by atomic mass is 10.2. The molecule has 0 heterocycles. The van der Waals surface area contributed by atoms with Crippen LogP contribution in [0, 0.1) is 0 Å². The third-order valence-electron chi connectivity index (χ3n) is 1.39. The summed E-state index contributed by atoms with van der Waals surface area (Å²) < 4.78 is 0. The largest absolute Gasteiger partial charge is 0.512 e. The van der Waals surface area contributed by atoms with Crippen LogP contribution < -0.4 is 0 Å². The van der Waals surface area contributed by atoms with Gasteiger partial charge in [-0.1, -0.05) is 25.5 Å². The van der Waals surface area contributed by atoms with E-state index in [1.54, 1.807) is 6.92 Å². The summed E-state index contributed by atoms with van der Waals surface area (Å²) in [7, 11) is 0. The molecular formula is C9H16O. The van der Waals surface area contributed by atoms with Crippen molar-refractivity contribution >= 4 is 0 Å². The minimum Gasteiger partial charge on any atom is -0.512 e. The highest BCUT2D eigenvalue weighted by atomic mass is 16.3. The van der Waals surface area contributed by atoms with Crippen LogP contribution in [-0.4, -0.2) is 5.11 Å². The molecule has 0 atom stereocenters. The molecule has 0 radical (unpaired) electrons. The van der Waals surface area contributed by atoms with E-state index in [-0.39, 0.29) is 0 Å². The molecule has 0 fully saturated rings. The summed E-state index contributed by atoms with van der Waals surface area (Å²) in [5, 5.41) is 8.95. The van der Waals surface area contributed by atoms with Crippen LogP contribution in [0.3, 0.4) is 0 Å². The molecule has 58 valence electrons. The topological polar surface area (TPSA) is 20.2 Å². The van der Waals surface area contributed by atoms with Gasteiger partial charge in [0.25, 0.3) is 0 Å². The lowest BCUT2D eigenvalue weighted by molar-refractivity contribution is 0.409. The third kappa shape index (κ3) is 4.19. The number of aliphatic hydroxyl groups excluding tert-OH is 1. The van der Waals surface area contributed by atoms with Crippen molar-refractivity contribution in [3.05, 3.63) is 23.5 Å². The van der Waals surface area contributed by atoms with E-state index in [2.05, 4.69) is 13.0 Å². The zero-order valence-corrected chi connectivity index (χ0v) is 7.02. The predicted molar refractivity (Wildman–Crippen MR) is 45.1 cm³/mol. The van der Waals surface area contributed by atoms with Crippen molar-refractivity contribution < 1.29 is 5.11 Å². The van der Waals surface area contributed by atoms with Crippen LogP contribution >= 0.6 is 0 Å². The molecule has 0 amide bonds. The van der Waals surface area contributed by atoms with Crippen LogP contribution in [0.4, 0.5) is 0 Å². The summed E-state index contributed by atoms with van der Waals surface area (Å²) in [5.41, 5.74) is 0.952. The number of unbranched alkanes of at least 4 members (excludes halogenated alkanes) is 1. The van der Waals surface area contributed by atoms with Crippen LogP contribution in [0.1, 0.15) is 33.6 Å². The Hall–Kier alpha value is -0.720. The Morgan fingerprint density at radius 1 is 1.40 bits per heavy atom. The van der Waals surface area contributed by atoms with Crippen molar-refractivity contribution in [3.8, 4) is 0 Å². The van der Waals surface area contributed by atoms with Crippen LogP contribution in [-0.2, 0) is 0 Å². The van der Waals surface area contributed by atoms with E-state index in [1.807, 2.05) is 13.0 Å². The fraction of sp³-hybridized carbons (Fsp3) is 0.556. The Morgan fingerprint density at radius 2 is 2.00 bits per heavy atom. The maximum absolute atomic E-state index is 8.95. The van der Waals surface area contributed by atoms with Crippen molar-refractivity contribution in [2.45, 2.75) is 33.6 Å². The molecule has 0 bridgehead atoms. The number of hydrogen-bond donors (Lipinski definition) is 1. The molecule has 0 rings (SSSR count). The maximum atomic E-state index is 8.95. The molecule has 0 aliphatic heterocycles. The Morgan fingerprint density at radius 3 is 2.40 bits per heavy atom. The summed E-state index contributed by atoms with van der Waals surface area (Å²) in [4.78, 5) is 0. The van der Waals surface area contributed by atoms with Crippen LogP contribution in [0.15, 0.2) is 23.5 Å². The Kier molecular flexibility index (Phi) is 4.73. The summed E-state index contributed by atoms with van der Waals surface area (Å²) in [6.45, 7) is 5.74. The minimum atomic E-state index is 0.410. The highest BCUT2D eigenvalue weighted by Gasteiger charge is 1.85. The molecule has 0 spiro atoms. The molecule has 0 aliphatic rings. The van der Waals surface area contributed by atoms with Crippen LogP contribution in [0.25, 0.3) is 0 Å². The highest BCUT2D eigenvalue weighted by molar-refractivity contribution is 5.17. The second-order valence-corrected chi connectivity index (χ2v) is 2.46. The number of aliphatic hydroxyl groups is 1. The average molecular weight is 140 g/mol. The van der Waals surface area contributed by atoms with E-state index >= 15 is 0 Å². The van der Waals surface area contributed by atoms with Gasteiger partial charge in [0.1, 0.15) is 0 Å². The second-order valence-electron chi connectivity index (χ2n) is 2.46. The standard InChI is InChI=1S/C9H16O/c1-4-5-6-7-8(2)9(3)10/h6-7,10H,4-5H2,1-3H3. The average Bonchev–Trinajstić information content (AvgIpc) is 1.88. The molecule has 1 nitrogen and oxygen atoms in total. The SMILES string of the molecule is CCCC=CC(C)=C(C)O. The molecular weight excluding hydrogens is 124 g/mol. The van der Waals surface area contributed by atoms with Crippen molar-refractivity contribution in [1.82, 2.24) is 0 Å². The van der Waals surface area contributed by atoms with Crippen molar-refractivity contribution in [2.24, 2.45) is 0 Å². The van der Waals surface area contributed by atoms with E-state index in [0.717, 1.165) is 18.4 Å². The summed E-state index contributed by atoms with van der Waals surface area (Å²) in [6, 6.07) is 0. The van der Waals surface area contributed by atoms with E-state index in [4.69, 9.17) is 5.11 Å².